The van der Waals surface area contributed by atoms with Crippen LogP contribution in [0.1, 0.15) is 61.0 Å². The molecule has 1 aromatic carbocycles. The van der Waals surface area contributed by atoms with Gasteiger partial charge in [-0.15, -0.1) is 0 Å². The van der Waals surface area contributed by atoms with Gasteiger partial charge in [0, 0.05) is 5.56 Å². The monoisotopic (exact) mass is 273 g/mol. The van der Waals surface area contributed by atoms with Crippen LogP contribution in [-0.2, 0) is 0 Å². The van der Waals surface area contributed by atoms with Crippen molar-refractivity contribution in [3.05, 3.63) is 34.9 Å². The number of Topliss-reactive ketones (excluding diaryl/α,β-unsaturated/α-hetero) is 1. The van der Waals surface area contributed by atoms with Crippen molar-refractivity contribution in [3.63, 3.8) is 0 Å². The zero-order valence-corrected chi connectivity index (χ0v) is 13.3. The Balaban J connectivity index is 2.24. The lowest BCUT2D eigenvalue weighted by molar-refractivity contribution is 0.0649. The lowest BCUT2D eigenvalue weighted by Gasteiger charge is -2.36. The van der Waals surface area contributed by atoms with Gasteiger partial charge >= 0.3 is 0 Å². The molecule has 0 amide bonds. The fraction of sp³-hybridized carbons (Fsp3) is 0.611. The number of nitrogens with zero attached hydrogens (tertiary/aromatic N) is 1. The standard InChI is InChI=1S/C18H27NO/c1-14-11-15(2)13-16(12-14)17(20)18(3,4)19-9-7-5-6-8-10-19/h11-13H,5-10H2,1-4H3. The van der Waals surface area contributed by atoms with Gasteiger partial charge in [0.1, 0.15) is 0 Å². The molecule has 0 spiro atoms. The minimum atomic E-state index is -0.398. The molecule has 0 bridgehead atoms. The highest BCUT2D eigenvalue weighted by molar-refractivity contribution is 6.03. The quantitative estimate of drug-likeness (QED) is 0.771. The van der Waals surface area contributed by atoms with Crippen molar-refractivity contribution in [2.24, 2.45) is 0 Å². The van der Waals surface area contributed by atoms with Gasteiger partial charge in [0.05, 0.1) is 5.54 Å². The molecular weight excluding hydrogens is 246 g/mol. The van der Waals surface area contributed by atoms with Crippen LogP contribution in [0.3, 0.4) is 0 Å². The Morgan fingerprint density at radius 3 is 1.95 bits per heavy atom. The van der Waals surface area contributed by atoms with Crippen LogP contribution >= 0.6 is 0 Å². The predicted molar refractivity (Wildman–Crippen MR) is 84.4 cm³/mol. The summed E-state index contributed by atoms with van der Waals surface area (Å²) in [5.41, 5.74) is 2.79. The number of benzene rings is 1. The molecule has 1 saturated heterocycles. The molecule has 20 heavy (non-hydrogen) atoms. The fourth-order valence-corrected chi connectivity index (χ4v) is 3.23. The highest BCUT2D eigenvalue weighted by atomic mass is 16.1. The SMILES string of the molecule is Cc1cc(C)cc(C(=O)C(C)(C)N2CCCCCC2)c1. The summed E-state index contributed by atoms with van der Waals surface area (Å²) < 4.78 is 0. The molecule has 0 aliphatic carbocycles. The van der Waals surface area contributed by atoms with Gasteiger partial charge in [-0.25, -0.2) is 0 Å². The molecule has 2 heteroatoms. The van der Waals surface area contributed by atoms with E-state index in [0.717, 1.165) is 18.7 Å². The molecule has 1 aliphatic heterocycles. The molecule has 1 fully saturated rings. The van der Waals surface area contributed by atoms with Crippen LogP contribution in [0, 0.1) is 13.8 Å². The van der Waals surface area contributed by atoms with Gasteiger partial charge < -0.3 is 0 Å². The summed E-state index contributed by atoms with van der Waals surface area (Å²) in [5, 5.41) is 0. The van der Waals surface area contributed by atoms with E-state index in [1.54, 1.807) is 0 Å². The smallest absolute Gasteiger partial charge is 0.182 e. The van der Waals surface area contributed by atoms with E-state index in [0.29, 0.717) is 0 Å². The van der Waals surface area contributed by atoms with Gasteiger partial charge in [-0.2, -0.15) is 0 Å². The molecule has 0 unspecified atom stereocenters. The third-order valence-corrected chi connectivity index (χ3v) is 4.44. The zero-order chi connectivity index (χ0) is 14.8. The second kappa shape index (κ2) is 6.09. The maximum atomic E-state index is 12.9. The van der Waals surface area contributed by atoms with Crippen LogP contribution in [0.4, 0.5) is 0 Å². The van der Waals surface area contributed by atoms with Gasteiger partial charge in [-0.3, -0.25) is 9.69 Å². The molecule has 2 nitrogen and oxygen atoms in total. The van der Waals surface area contributed by atoms with Gasteiger partial charge in [0.2, 0.25) is 0 Å². The van der Waals surface area contributed by atoms with E-state index >= 15 is 0 Å². The summed E-state index contributed by atoms with van der Waals surface area (Å²) in [4.78, 5) is 15.3. The summed E-state index contributed by atoms with van der Waals surface area (Å²) in [5.74, 6) is 0.256. The third-order valence-electron chi connectivity index (χ3n) is 4.44. The van der Waals surface area contributed by atoms with E-state index < -0.39 is 5.54 Å². The van der Waals surface area contributed by atoms with Crippen LogP contribution in [0.2, 0.25) is 0 Å². The van der Waals surface area contributed by atoms with E-state index in [9.17, 15) is 4.79 Å². The zero-order valence-electron chi connectivity index (χ0n) is 13.3. The van der Waals surface area contributed by atoms with Gasteiger partial charge in [-0.1, -0.05) is 30.0 Å². The Morgan fingerprint density at radius 2 is 1.45 bits per heavy atom. The first-order valence-electron chi connectivity index (χ1n) is 7.79. The fourth-order valence-electron chi connectivity index (χ4n) is 3.23. The third kappa shape index (κ3) is 3.29. The Hall–Kier alpha value is -1.15. The van der Waals surface area contributed by atoms with E-state index in [-0.39, 0.29) is 5.78 Å². The van der Waals surface area contributed by atoms with E-state index in [1.165, 1.54) is 36.8 Å². The van der Waals surface area contributed by atoms with Crippen LogP contribution in [0.15, 0.2) is 18.2 Å². The Kier molecular flexibility index (Phi) is 4.64. The summed E-state index contributed by atoms with van der Waals surface area (Å²) in [7, 11) is 0. The molecule has 1 heterocycles. The summed E-state index contributed by atoms with van der Waals surface area (Å²) in [6.45, 7) is 10.4. The van der Waals surface area contributed by atoms with Gasteiger partial charge in [0.15, 0.2) is 5.78 Å². The second-order valence-electron chi connectivity index (χ2n) is 6.67. The maximum absolute atomic E-state index is 12.9. The summed E-state index contributed by atoms with van der Waals surface area (Å²) in [6.07, 6.45) is 5.02. The van der Waals surface area contributed by atoms with Crippen molar-refractivity contribution < 1.29 is 4.79 Å². The molecular formula is C18H27NO. The molecule has 110 valence electrons. The van der Waals surface area contributed by atoms with Crippen molar-refractivity contribution in [2.75, 3.05) is 13.1 Å². The van der Waals surface area contributed by atoms with E-state index in [4.69, 9.17) is 0 Å². The van der Waals surface area contributed by atoms with Crippen molar-refractivity contribution in [1.82, 2.24) is 4.90 Å². The number of hydrogen-bond acceptors (Lipinski definition) is 2. The van der Waals surface area contributed by atoms with Gasteiger partial charge in [0.25, 0.3) is 0 Å². The second-order valence-corrected chi connectivity index (χ2v) is 6.67. The molecule has 1 aromatic rings. The first-order chi connectivity index (χ1) is 9.41. The van der Waals surface area contributed by atoms with Crippen LogP contribution in [-0.4, -0.2) is 29.3 Å². The number of aryl methyl sites for hydroxylation is 2. The van der Waals surface area contributed by atoms with Crippen molar-refractivity contribution in [2.45, 2.75) is 58.9 Å². The number of carbonyl (C=O) groups excluding carboxylic acids is 1. The summed E-state index contributed by atoms with van der Waals surface area (Å²) >= 11 is 0. The Bertz CT molecular complexity index is 462. The molecule has 0 aromatic heterocycles. The number of rotatable bonds is 3. The average Bonchev–Trinajstić information content (AvgIpc) is 2.65. The van der Waals surface area contributed by atoms with Crippen LogP contribution < -0.4 is 0 Å². The first kappa shape index (κ1) is 15.2. The molecule has 2 rings (SSSR count). The maximum Gasteiger partial charge on any atom is 0.182 e. The lowest BCUT2D eigenvalue weighted by atomic mass is 9.89. The average molecular weight is 273 g/mol. The number of carbonyl (C=O) groups is 1. The topological polar surface area (TPSA) is 20.3 Å². The van der Waals surface area contributed by atoms with Crippen molar-refractivity contribution in [3.8, 4) is 0 Å². The van der Waals surface area contributed by atoms with Crippen molar-refractivity contribution >= 4 is 5.78 Å². The molecule has 0 atom stereocenters. The van der Waals surface area contributed by atoms with Gasteiger partial charge in [-0.05, 0) is 65.8 Å². The lowest BCUT2D eigenvalue weighted by Crippen LogP contribution is -2.50. The largest absolute Gasteiger partial charge is 0.292 e. The van der Waals surface area contributed by atoms with E-state index in [1.807, 2.05) is 12.1 Å². The Morgan fingerprint density at radius 1 is 0.950 bits per heavy atom. The highest BCUT2D eigenvalue weighted by Crippen LogP contribution is 2.25. The molecule has 0 N–H and O–H groups in total. The Labute approximate surface area is 123 Å². The number of ketones is 1. The normalized spacial score (nSPS) is 17.8. The first-order valence-corrected chi connectivity index (χ1v) is 7.79. The minimum Gasteiger partial charge on any atom is -0.292 e. The minimum absolute atomic E-state index is 0.256. The molecule has 1 aliphatic rings. The van der Waals surface area contributed by atoms with E-state index in [2.05, 4.69) is 38.7 Å². The predicted octanol–water partition coefficient (Wildman–Crippen LogP) is 4.14. The summed E-state index contributed by atoms with van der Waals surface area (Å²) in [6, 6.07) is 6.17. The number of likely N-dealkylation sites (tertiary alicyclic amines) is 1. The van der Waals surface area contributed by atoms with Crippen LogP contribution in [0.25, 0.3) is 0 Å². The number of hydrogen-bond donors (Lipinski definition) is 0. The van der Waals surface area contributed by atoms with Crippen LogP contribution in [0.5, 0.6) is 0 Å². The highest BCUT2D eigenvalue weighted by Gasteiger charge is 2.35. The molecule has 0 saturated carbocycles. The van der Waals surface area contributed by atoms with Crippen molar-refractivity contribution in [1.29, 1.82) is 0 Å². The molecule has 0 radical (unpaired) electrons.